The fourth-order valence-electron chi connectivity index (χ4n) is 2.37. The summed E-state index contributed by atoms with van der Waals surface area (Å²) in [5.41, 5.74) is 2.32. The molecule has 0 fully saturated rings. The number of methoxy groups -OCH3 is 2. The van der Waals surface area contributed by atoms with Crippen LogP contribution in [0.1, 0.15) is 22.1 Å². The molecule has 2 aromatic carbocycles. The summed E-state index contributed by atoms with van der Waals surface area (Å²) in [6.07, 6.45) is -0.323. The fraction of sp³-hybridized carbons (Fsp3) is 0.188. The van der Waals surface area contributed by atoms with Crippen LogP contribution in [0.4, 0.5) is 5.69 Å². The third-order valence-electron chi connectivity index (χ3n) is 3.45. The summed E-state index contributed by atoms with van der Waals surface area (Å²) < 4.78 is 10.5. The summed E-state index contributed by atoms with van der Waals surface area (Å²) in [5, 5.41) is 6.23. The van der Waals surface area contributed by atoms with Crippen LogP contribution in [0, 0.1) is 0 Å². The normalized spacial score (nSPS) is 16.5. The van der Waals surface area contributed by atoms with Crippen LogP contribution in [0.25, 0.3) is 0 Å². The molecule has 3 rings (SSSR count). The Morgan fingerprint density at radius 2 is 1.62 bits per heavy atom. The lowest BCUT2D eigenvalue weighted by atomic mass is 10.1. The van der Waals surface area contributed by atoms with E-state index in [9.17, 15) is 4.79 Å². The van der Waals surface area contributed by atoms with Gasteiger partial charge in [-0.25, -0.2) is 0 Å². The molecular formula is C16H16N2O3. The lowest BCUT2D eigenvalue weighted by Crippen LogP contribution is -2.38. The maximum atomic E-state index is 12.2. The molecule has 0 aromatic heterocycles. The van der Waals surface area contributed by atoms with Crippen molar-refractivity contribution in [3.05, 3.63) is 53.6 Å². The number of hydrogen-bond acceptors (Lipinski definition) is 4. The smallest absolute Gasteiger partial charge is 0.255 e. The van der Waals surface area contributed by atoms with E-state index in [1.807, 2.05) is 30.3 Å². The first-order chi connectivity index (χ1) is 10.2. The maximum absolute atomic E-state index is 12.2. The average molecular weight is 284 g/mol. The molecule has 0 spiro atoms. The Labute approximate surface area is 122 Å². The number of rotatable bonds is 3. The summed E-state index contributed by atoms with van der Waals surface area (Å²) in [6, 6.07) is 13.0. The molecule has 2 aromatic rings. The van der Waals surface area contributed by atoms with Crippen molar-refractivity contribution in [3.8, 4) is 11.5 Å². The molecule has 1 aliphatic rings. The first kappa shape index (κ1) is 13.3. The van der Waals surface area contributed by atoms with E-state index in [1.54, 1.807) is 26.4 Å². The zero-order valence-corrected chi connectivity index (χ0v) is 11.8. The molecule has 0 aliphatic carbocycles. The number of hydrogen-bond donors (Lipinski definition) is 2. The predicted molar refractivity (Wildman–Crippen MR) is 79.8 cm³/mol. The quantitative estimate of drug-likeness (QED) is 0.909. The highest BCUT2D eigenvalue weighted by Crippen LogP contribution is 2.30. The molecule has 21 heavy (non-hydrogen) atoms. The van der Waals surface area contributed by atoms with Gasteiger partial charge in [0, 0.05) is 17.3 Å². The number of amides is 1. The molecule has 5 nitrogen and oxygen atoms in total. The largest absolute Gasteiger partial charge is 0.497 e. The third kappa shape index (κ3) is 2.50. The van der Waals surface area contributed by atoms with Crippen molar-refractivity contribution < 1.29 is 14.3 Å². The molecule has 1 heterocycles. The molecule has 0 saturated heterocycles. The van der Waals surface area contributed by atoms with Gasteiger partial charge in [0.2, 0.25) is 0 Å². The minimum absolute atomic E-state index is 0.101. The maximum Gasteiger partial charge on any atom is 0.255 e. The summed E-state index contributed by atoms with van der Waals surface area (Å²) >= 11 is 0. The predicted octanol–water partition coefficient (Wildman–Crippen LogP) is 2.56. The van der Waals surface area contributed by atoms with Gasteiger partial charge in [0.1, 0.15) is 17.7 Å². The van der Waals surface area contributed by atoms with Crippen molar-refractivity contribution >= 4 is 11.6 Å². The van der Waals surface area contributed by atoms with Gasteiger partial charge >= 0.3 is 0 Å². The summed E-state index contributed by atoms with van der Waals surface area (Å²) in [6.45, 7) is 0. The van der Waals surface area contributed by atoms with Gasteiger partial charge in [0.05, 0.1) is 19.8 Å². The van der Waals surface area contributed by atoms with Crippen LogP contribution >= 0.6 is 0 Å². The third-order valence-corrected chi connectivity index (χ3v) is 3.45. The topological polar surface area (TPSA) is 59.6 Å². The van der Waals surface area contributed by atoms with E-state index in [1.165, 1.54) is 0 Å². The molecular weight excluding hydrogens is 268 g/mol. The fourth-order valence-corrected chi connectivity index (χ4v) is 2.37. The van der Waals surface area contributed by atoms with Crippen LogP contribution in [0.3, 0.4) is 0 Å². The number of ether oxygens (including phenoxy) is 2. The van der Waals surface area contributed by atoms with Gasteiger partial charge in [-0.05, 0) is 24.3 Å². The molecule has 108 valence electrons. The number of carbonyl (C=O) groups excluding carboxylic acids is 1. The van der Waals surface area contributed by atoms with E-state index in [2.05, 4.69) is 10.6 Å². The number of anilines is 1. The number of carbonyl (C=O) groups is 1. The van der Waals surface area contributed by atoms with E-state index in [0.29, 0.717) is 17.1 Å². The highest BCUT2D eigenvalue weighted by Gasteiger charge is 2.24. The monoisotopic (exact) mass is 284 g/mol. The van der Waals surface area contributed by atoms with Gasteiger partial charge in [0.25, 0.3) is 5.91 Å². The minimum Gasteiger partial charge on any atom is -0.497 e. The van der Waals surface area contributed by atoms with E-state index < -0.39 is 0 Å². The van der Waals surface area contributed by atoms with Gasteiger partial charge in [-0.3, -0.25) is 4.79 Å². The molecule has 2 N–H and O–H groups in total. The molecule has 0 radical (unpaired) electrons. The highest BCUT2D eigenvalue weighted by molar-refractivity contribution is 6.01. The number of fused-ring (bicyclic) bond motifs is 1. The second-order valence-electron chi connectivity index (χ2n) is 4.74. The van der Waals surface area contributed by atoms with Crippen molar-refractivity contribution in [2.45, 2.75) is 6.17 Å². The van der Waals surface area contributed by atoms with E-state index in [-0.39, 0.29) is 12.1 Å². The Kier molecular flexibility index (Phi) is 3.39. The Morgan fingerprint density at radius 3 is 2.29 bits per heavy atom. The lowest BCUT2D eigenvalue weighted by Gasteiger charge is -2.28. The first-order valence-electron chi connectivity index (χ1n) is 6.60. The zero-order valence-electron chi connectivity index (χ0n) is 11.8. The Morgan fingerprint density at radius 1 is 0.952 bits per heavy atom. The van der Waals surface area contributed by atoms with Crippen molar-refractivity contribution in [1.29, 1.82) is 0 Å². The van der Waals surface area contributed by atoms with Crippen molar-refractivity contribution in [1.82, 2.24) is 5.32 Å². The van der Waals surface area contributed by atoms with Gasteiger partial charge in [-0.1, -0.05) is 12.1 Å². The Bertz CT molecular complexity index is 663. The van der Waals surface area contributed by atoms with Gasteiger partial charge in [-0.2, -0.15) is 0 Å². The zero-order chi connectivity index (χ0) is 14.8. The molecule has 1 amide bonds. The van der Waals surface area contributed by atoms with Crippen molar-refractivity contribution in [3.63, 3.8) is 0 Å². The number of para-hydroxylation sites is 1. The van der Waals surface area contributed by atoms with E-state index in [4.69, 9.17) is 9.47 Å². The molecule has 0 saturated carbocycles. The number of benzene rings is 2. The number of nitrogens with one attached hydrogen (secondary N) is 2. The second kappa shape index (κ2) is 5.36. The van der Waals surface area contributed by atoms with Crippen LogP contribution in [0.2, 0.25) is 0 Å². The summed E-state index contributed by atoms with van der Waals surface area (Å²) in [5.74, 6) is 1.26. The van der Waals surface area contributed by atoms with Gasteiger partial charge < -0.3 is 20.1 Å². The lowest BCUT2D eigenvalue weighted by molar-refractivity contribution is 0.0935. The molecule has 5 heteroatoms. The average Bonchev–Trinajstić information content (AvgIpc) is 2.54. The van der Waals surface area contributed by atoms with E-state index in [0.717, 1.165) is 11.3 Å². The standard InChI is InChI=1S/C16H16N2O3/c1-20-11-7-10(8-12(9-11)21-2)15-17-14-6-4-3-5-13(14)16(19)18-15/h3-9,15,17H,1-2H3,(H,18,19). The molecule has 1 atom stereocenters. The SMILES string of the molecule is COc1cc(OC)cc(C2NC(=O)c3ccccc3N2)c1. The molecule has 0 bridgehead atoms. The highest BCUT2D eigenvalue weighted by atomic mass is 16.5. The Balaban J connectivity index is 1.97. The van der Waals surface area contributed by atoms with Crippen LogP contribution in [-0.2, 0) is 0 Å². The van der Waals surface area contributed by atoms with Crippen LogP contribution in [-0.4, -0.2) is 20.1 Å². The molecule has 1 unspecified atom stereocenters. The van der Waals surface area contributed by atoms with Crippen LogP contribution in [0.15, 0.2) is 42.5 Å². The second-order valence-corrected chi connectivity index (χ2v) is 4.74. The molecule has 1 aliphatic heterocycles. The van der Waals surface area contributed by atoms with Crippen LogP contribution < -0.4 is 20.1 Å². The van der Waals surface area contributed by atoms with Crippen LogP contribution in [0.5, 0.6) is 11.5 Å². The first-order valence-corrected chi connectivity index (χ1v) is 6.60. The van der Waals surface area contributed by atoms with Crippen molar-refractivity contribution in [2.75, 3.05) is 19.5 Å². The van der Waals surface area contributed by atoms with E-state index >= 15 is 0 Å². The van der Waals surface area contributed by atoms with Crippen molar-refractivity contribution in [2.24, 2.45) is 0 Å². The summed E-state index contributed by atoms with van der Waals surface area (Å²) in [4.78, 5) is 12.2. The van der Waals surface area contributed by atoms with Gasteiger partial charge in [0.15, 0.2) is 0 Å². The summed E-state index contributed by atoms with van der Waals surface area (Å²) in [7, 11) is 3.20. The minimum atomic E-state index is -0.323. The van der Waals surface area contributed by atoms with Gasteiger partial charge in [-0.15, -0.1) is 0 Å². The Hall–Kier alpha value is -2.69.